The summed E-state index contributed by atoms with van der Waals surface area (Å²) in [7, 11) is 0. The minimum absolute atomic E-state index is 0.00357. The first-order valence-electron chi connectivity index (χ1n) is 11.1. The van der Waals surface area contributed by atoms with Crippen molar-refractivity contribution in [2.75, 3.05) is 5.06 Å². The lowest BCUT2D eigenvalue weighted by Crippen LogP contribution is -2.38. The van der Waals surface area contributed by atoms with Crippen molar-refractivity contribution in [3.05, 3.63) is 141 Å². The van der Waals surface area contributed by atoms with E-state index in [-0.39, 0.29) is 17.2 Å². The van der Waals surface area contributed by atoms with Crippen LogP contribution in [-0.4, -0.2) is 10.7 Å². The van der Waals surface area contributed by atoms with E-state index in [0.29, 0.717) is 10.3 Å². The second kappa shape index (κ2) is 9.36. The molecule has 0 amide bonds. The lowest BCUT2D eigenvalue weighted by Gasteiger charge is -2.26. The van der Waals surface area contributed by atoms with Crippen molar-refractivity contribution in [2.45, 2.75) is 12.1 Å². The maximum atomic E-state index is 14.0. The zero-order chi connectivity index (χ0) is 24.4. The number of hydrogen-bond acceptors (Lipinski definition) is 6. The number of carbonyl (C=O) groups excluding carboxylic acids is 1. The Hall–Kier alpha value is -4.56. The van der Waals surface area contributed by atoms with E-state index in [0.717, 1.165) is 11.3 Å². The Balaban J connectivity index is 1.67. The van der Waals surface area contributed by atoms with Crippen LogP contribution in [0.25, 0.3) is 0 Å². The Labute approximate surface area is 201 Å². The Morgan fingerprint density at radius 3 is 2.09 bits per heavy atom. The summed E-state index contributed by atoms with van der Waals surface area (Å²) in [6.07, 6.45) is 0.505. The maximum Gasteiger partial charge on any atom is 0.269 e. The Bertz CT molecular complexity index is 1350. The zero-order valence-electron chi connectivity index (χ0n) is 18.5. The molecule has 1 aliphatic heterocycles. The number of nitro groups is 1. The van der Waals surface area contributed by atoms with Crippen LogP contribution in [0, 0.1) is 21.2 Å². The fourth-order valence-corrected chi connectivity index (χ4v) is 4.48. The van der Waals surface area contributed by atoms with Crippen molar-refractivity contribution in [1.82, 2.24) is 0 Å². The number of non-ortho nitro benzene ring substituents is 1. The average molecular weight is 467 g/mol. The van der Waals surface area contributed by atoms with Crippen LogP contribution in [0.5, 0.6) is 0 Å². The summed E-state index contributed by atoms with van der Waals surface area (Å²) in [6.45, 7) is 0. The van der Waals surface area contributed by atoms with Gasteiger partial charge in [0.05, 0.1) is 22.6 Å². The van der Waals surface area contributed by atoms with Gasteiger partial charge in [-0.2, -0.15) is 4.73 Å². The first kappa shape index (κ1) is 22.2. The summed E-state index contributed by atoms with van der Waals surface area (Å²) in [6, 6.07) is 29.0. The van der Waals surface area contributed by atoms with Gasteiger partial charge in [-0.25, -0.2) is 5.06 Å². The zero-order valence-corrected chi connectivity index (χ0v) is 18.5. The Morgan fingerprint density at radius 2 is 1.46 bits per heavy atom. The number of nitrogens with zero attached hydrogens (tertiary/aromatic N) is 3. The molecule has 0 radical (unpaired) electrons. The topological polar surface area (TPSA) is 99.6 Å². The molecule has 1 unspecified atom stereocenters. The van der Waals surface area contributed by atoms with Gasteiger partial charge in [-0.05, 0) is 41.5 Å². The highest BCUT2D eigenvalue weighted by atomic mass is 16.7. The molecule has 174 valence electrons. The number of rotatable bonds is 6. The van der Waals surface area contributed by atoms with Crippen molar-refractivity contribution in [3.8, 4) is 0 Å². The number of pyridine rings is 1. The van der Waals surface area contributed by atoms with Crippen molar-refractivity contribution < 1.29 is 19.3 Å². The SMILES string of the molecule is O=C(c1cccc[n+]1[O-])[C@H]1C(c2ccc([N+](=O)[O-])cc2)ON(c2ccccc2)[C@@H]1c1ccccc1. The van der Waals surface area contributed by atoms with Gasteiger partial charge in [0.2, 0.25) is 5.78 Å². The molecule has 3 aromatic carbocycles. The number of para-hydroxylation sites is 1. The molecule has 1 aliphatic rings. The summed E-state index contributed by atoms with van der Waals surface area (Å²) in [5, 5.41) is 25.4. The van der Waals surface area contributed by atoms with Gasteiger partial charge >= 0.3 is 0 Å². The van der Waals surface area contributed by atoms with Crippen LogP contribution in [0.4, 0.5) is 11.4 Å². The molecular formula is C27H21N3O5. The monoisotopic (exact) mass is 467 g/mol. The molecule has 1 saturated heterocycles. The number of benzene rings is 3. The third-order valence-electron chi connectivity index (χ3n) is 6.11. The number of hydrogen-bond donors (Lipinski definition) is 0. The molecule has 35 heavy (non-hydrogen) atoms. The molecule has 1 aromatic heterocycles. The van der Waals surface area contributed by atoms with E-state index in [1.807, 2.05) is 60.7 Å². The number of anilines is 1. The van der Waals surface area contributed by atoms with Gasteiger partial charge in [-0.1, -0.05) is 48.5 Å². The third kappa shape index (κ3) is 4.22. The minimum Gasteiger partial charge on any atom is -0.618 e. The summed E-state index contributed by atoms with van der Waals surface area (Å²) in [5.41, 5.74) is 2.12. The molecule has 8 heteroatoms. The maximum absolute atomic E-state index is 14.0. The van der Waals surface area contributed by atoms with Gasteiger partial charge in [-0.15, -0.1) is 0 Å². The lowest BCUT2D eigenvalue weighted by molar-refractivity contribution is -0.607. The molecule has 0 aliphatic carbocycles. The quantitative estimate of drug-likeness (QED) is 0.131. The molecule has 0 saturated carbocycles. The normalized spacial score (nSPS) is 19.4. The molecular weight excluding hydrogens is 446 g/mol. The van der Waals surface area contributed by atoms with E-state index in [9.17, 15) is 20.1 Å². The molecule has 2 heterocycles. The largest absolute Gasteiger partial charge is 0.618 e. The summed E-state index contributed by atoms with van der Waals surface area (Å²) >= 11 is 0. The van der Waals surface area contributed by atoms with Gasteiger partial charge in [0, 0.05) is 24.3 Å². The van der Waals surface area contributed by atoms with Gasteiger partial charge in [0.15, 0.2) is 6.20 Å². The number of ketones is 1. The van der Waals surface area contributed by atoms with E-state index >= 15 is 0 Å². The van der Waals surface area contributed by atoms with Crippen molar-refractivity contribution >= 4 is 17.2 Å². The first-order chi connectivity index (χ1) is 17.0. The van der Waals surface area contributed by atoms with Gasteiger partial charge in [0.25, 0.3) is 11.4 Å². The van der Waals surface area contributed by atoms with Crippen LogP contribution in [0.15, 0.2) is 109 Å². The van der Waals surface area contributed by atoms with Crippen LogP contribution in [-0.2, 0) is 4.84 Å². The highest BCUT2D eigenvalue weighted by Gasteiger charge is 2.51. The van der Waals surface area contributed by atoms with E-state index in [1.165, 1.54) is 24.4 Å². The Morgan fingerprint density at radius 1 is 0.829 bits per heavy atom. The number of carbonyl (C=O) groups is 1. The van der Waals surface area contributed by atoms with E-state index in [2.05, 4.69) is 0 Å². The van der Waals surface area contributed by atoms with Gasteiger partial charge < -0.3 is 5.21 Å². The smallest absolute Gasteiger partial charge is 0.269 e. The molecule has 8 nitrogen and oxygen atoms in total. The first-order valence-corrected chi connectivity index (χ1v) is 11.1. The molecule has 5 rings (SSSR count). The van der Waals surface area contributed by atoms with Crippen LogP contribution < -0.4 is 9.79 Å². The molecule has 0 bridgehead atoms. The highest BCUT2D eigenvalue weighted by molar-refractivity contribution is 5.96. The van der Waals surface area contributed by atoms with Crippen LogP contribution in [0.1, 0.15) is 33.8 Å². The summed E-state index contributed by atoms with van der Waals surface area (Å²) in [4.78, 5) is 31.1. The standard InChI is InChI=1S/C27H21N3O5/c31-26(23-13-7-8-18-28(23)32)24-25(19-9-3-1-4-10-19)29(21-11-5-2-6-12-21)35-27(24)20-14-16-22(17-15-20)30(33)34/h1-18,24-25,27H/t24-,25+,27?/m0/s1. The van der Waals surface area contributed by atoms with Crippen LogP contribution in [0.2, 0.25) is 0 Å². The van der Waals surface area contributed by atoms with Crippen molar-refractivity contribution in [1.29, 1.82) is 0 Å². The van der Waals surface area contributed by atoms with Crippen molar-refractivity contribution in [3.63, 3.8) is 0 Å². The molecule has 1 fully saturated rings. The second-order valence-electron chi connectivity index (χ2n) is 8.19. The van der Waals surface area contributed by atoms with Gasteiger partial charge in [0.1, 0.15) is 6.10 Å². The molecule has 4 aromatic rings. The fraction of sp³-hybridized carbons (Fsp3) is 0.111. The molecule has 3 atom stereocenters. The molecule has 0 spiro atoms. The summed E-state index contributed by atoms with van der Waals surface area (Å²) in [5.74, 6) is -1.18. The predicted molar refractivity (Wildman–Crippen MR) is 128 cm³/mol. The third-order valence-corrected chi connectivity index (χ3v) is 6.11. The highest BCUT2D eigenvalue weighted by Crippen LogP contribution is 2.49. The lowest BCUT2D eigenvalue weighted by atomic mass is 9.82. The Kier molecular flexibility index (Phi) is 5.95. The number of Topliss-reactive ketones (excluding diaryl/α,β-unsaturated/α-hetero) is 1. The average Bonchev–Trinajstić information content (AvgIpc) is 3.30. The minimum atomic E-state index is -0.804. The van der Waals surface area contributed by atoms with E-state index < -0.39 is 23.0 Å². The second-order valence-corrected chi connectivity index (χ2v) is 8.19. The van der Waals surface area contributed by atoms with Crippen LogP contribution in [0.3, 0.4) is 0 Å². The van der Waals surface area contributed by atoms with Crippen molar-refractivity contribution in [2.24, 2.45) is 5.92 Å². The van der Waals surface area contributed by atoms with E-state index in [4.69, 9.17) is 4.84 Å². The predicted octanol–water partition coefficient (Wildman–Crippen LogP) is 4.96. The van der Waals surface area contributed by atoms with Crippen LogP contribution >= 0.6 is 0 Å². The summed E-state index contributed by atoms with van der Waals surface area (Å²) < 4.78 is 0.558. The number of aromatic nitrogens is 1. The number of nitro benzene ring substituents is 1. The van der Waals surface area contributed by atoms with E-state index in [1.54, 1.807) is 29.3 Å². The molecule has 0 N–H and O–H groups in total. The van der Waals surface area contributed by atoms with Gasteiger partial charge in [-0.3, -0.25) is 19.7 Å². The number of hydroxylamine groups is 1. The fourth-order valence-electron chi connectivity index (χ4n) is 4.48.